The van der Waals surface area contributed by atoms with Crippen LogP contribution in [0.3, 0.4) is 0 Å². The molecule has 43 heavy (non-hydrogen) atoms. The quantitative estimate of drug-likeness (QED) is 0.115. The first kappa shape index (κ1) is 31.7. The van der Waals surface area contributed by atoms with Gasteiger partial charge < -0.3 is 20.7 Å². The second-order valence-corrected chi connectivity index (χ2v) is 11.5. The summed E-state index contributed by atoms with van der Waals surface area (Å²) in [4.78, 5) is 40.1. The zero-order valence-electron chi connectivity index (χ0n) is 23.4. The van der Waals surface area contributed by atoms with Gasteiger partial charge in [0.25, 0.3) is 11.8 Å². The van der Waals surface area contributed by atoms with Gasteiger partial charge in [0.2, 0.25) is 5.91 Å². The van der Waals surface area contributed by atoms with Gasteiger partial charge in [0.05, 0.1) is 17.5 Å². The van der Waals surface area contributed by atoms with Gasteiger partial charge in [0, 0.05) is 26.2 Å². The maximum Gasteiger partial charge on any atom is 0.272 e. The van der Waals surface area contributed by atoms with Gasteiger partial charge in [0.15, 0.2) is 0 Å². The molecule has 0 radical (unpaired) electrons. The largest absolute Gasteiger partial charge is 0.492 e. The minimum absolute atomic E-state index is 0.0168. The summed E-state index contributed by atoms with van der Waals surface area (Å²) >= 11 is 13.7. The van der Waals surface area contributed by atoms with Gasteiger partial charge in [-0.15, -0.1) is 11.8 Å². The Bertz CT molecular complexity index is 1650. The summed E-state index contributed by atoms with van der Waals surface area (Å²) < 4.78 is 5.60. The average molecular weight is 635 g/mol. The fraction of sp³-hybridized carbons (Fsp3) is 0.121. The van der Waals surface area contributed by atoms with Crippen molar-refractivity contribution in [3.8, 4) is 5.75 Å². The van der Waals surface area contributed by atoms with E-state index >= 15 is 0 Å². The van der Waals surface area contributed by atoms with Crippen molar-refractivity contribution in [2.24, 2.45) is 0 Å². The lowest BCUT2D eigenvalue weighted by atomic mass is 10.1. The fourth-order valence-electron chi connectivity index (χ4n) is 3.91. The number of carbonyl (C=O) groups excluding carboxylic acids is 3. The highest BCUT2D eigenvalue weighted by Gasteiger charge is 2.19. The second kappa shape index (κ2) is 15.3. The molecule has 0 bridgehead atoms. The van der Waals surface area contributed by atoms with Crippen LogP contribution in [0.5, 0.6) is 5.75 Å². The lowest BCUT2D eigenvalue weighted by Gasteiger charge is -2.15. The average Bonchev–Trinajstić information content (AvgIpc) is 2.99. The predicted molar refractivity (Wildman–Crippen MR) is 175 cm³/mol. The number of thioether (sulfide) groups is 1. The van der Waals surface area contributed by atoms with Crippen LogP contribution in [-0.4, -0.2) is 29.6 Å². The molecule has 4 aromatic rings. The van der Waals surface area contributed by atoms with Crippen molar-refractivity contribution in [2.45, 2.75) is 24.0 Å². The van der Waals surface area contributed by atoms with E-state index in [2.05, 4.69) is 16.0 Å². The van der Waals surface area contributed by atoms with Gasteiger partial charge >= 0.3 is 0 Å². The monoisotopic (exact) mass is 633 g/mol. The number of nitrogens with one attached hydrogen (secondary N) is 3. The molecule has 3 amide bonds. The number of amides is 3. The van der Waals surface area contributed by atoms with E-state index in [0.717, 1.165) is 4.90 Å². The first-order valence-electron chi connectivity index (χ1n) is 13.4. The smallest absolute Gasteiger partial charge is 0.272 e. The normalized spacial score (nSPS) is 11.8. The molecule has 0 saturated carbocycles. The maximum atomic E-state index is 13.4. The third-order valence-electron chi connectivity index (χ3n) is 6.01. The minimum atomic E-state index is -0.559. The van der Waals surface area contributed by atoms with Gasteiger partial charge in [-0.2, -0.15) is 0 Å². The maximum absolute atomic E-state index is 13.4. The Hall–Kier alpha value is -4.24. The predicted octanol–water partition coefficient (Wildman–Crippen LogP) is 7.92. The molecule has 10 heteroatoms. The van der Waals surface area contributed by atoms with E-state index in [9.17, 15) is 14.4 Å². The molecule has 0 heterocycles. The molecule has 0 spiro atoms. The summed E-state index contributed by atoms with van der Waals surface area (Å²) in [5, 5.41) is 8.76. The van der Waals surface area contributed by atoms with E-state index in [0.29, 0.717) is 44.9 Å². The van der Waals surface area contributed by atoms with Crippen LogP contribution in [0.4, 0.5) is 11.4 Å². The highest BCUT2D eigenvalue weighted by molar-refractivity contribution is 8.00. The molecular formula is C33H29Cl2N3O4S. The lowest BCUT2D eigenvalue weighted by molar-refractivity contribution is -0.115. The van der Waals surface area contributed by atoms with Crippen molar-refractivity contribution in [2.75, 3.05) is 17.2 Å². The van der Waals surface area contributed by atoms with E-state index in [-0.39, 0.29) is 11.6 Å². The van der Waals surface area contributed by atoms with Crippen LogP contribution in [0, 0.1) is 0 Å². The topological polar surface area (TPSA) is 96.5 Å². The summed E-state index contributed by atoms with van der Waals surface area (Å²) in [6.45, 7) is 4.16. The first-order chi connectivity index (χ1) is 20.7. The van der Waals surface area contributed by atoms with E-state index in [4.69, 9.17) is 27.9 Å². The van der Waals surface area contributed by atoms with Crippen LogP contribution in [-0.2, 0) is 9.59 Å². The number of hydrogen-bond donors (Lipinski definition) is 3. The molecule has 220 valence electrons. The van der Waals surface area contributed by atoms with Gasteiger partial charge in [0.1, 0.15) is 11.4 Å². The zero-order chi connectivity index (χ0) is 30.8. The molecule has 0 aliphatic carbocycles. The van der Waals surface area contributed by atoms with Gasteiger partial charge in [-0.3, -0.25) is 14.4 Å². The molecule has 1 atom stereocenters. The fourth-order valence-corrected chi connectivity index (χ4v) is 5.29. The molecule has 0 aliphatic heterocycles. The minimum Gasteiger partial charge on any atom is -0.492 e. The summed E-state index contributed by atoms with van der Waals surface area (Å²) in [7, 11) is 0. The number of carbonyl (C=O) groups is 3. The molecule has 4 rings (SSSR count). The number of hydrogen-bond acceptors (Lipinski definition) is 5. The van der Waals surface area contributed by atoms with Crippen LogP contribution in [0.15, 0.2) is 108 Å². The molecular weight excluding hydrogens is 605 g/mol. The standard InChI is InChI=1S/C33H29Cl2N3O4S/c1-3-42-30-15-8-7-14-28(30)37-31(39)21(2)43-26-13-9-12-25(20-26)36-33(41)29(18-23-16-17-24(34)19-27(23)35)38-32(40)22-10-5-4-6-11-22/h4-21H,3H2,1-2H3,(H,36,41)(H,37,39)(H,38,40)/b29-18+. The van der Waals surface area contributed by atoms with E-state index in [1.807, 2.05) is 25.1 Å². The van der Waals surface area contributed by atoms with Crippen molar-refractivity contribution in [3.63, 3.8) is 0 Å². The summed E-state index contributed by atoms with van der Waals surface area (Å²) in [6.07, 6.45) is 1.49. The van der Waals surface area contributed by atoms with E-state index in [1.54, 1.807) is 85.8 Å². The van der Waals surface area contributed by atoms with Gasteiger partial charge in [-0.1, -0.05) is 65.7 Å². The molecule has 4 aromatic carbocycles. The number of ether oxygens (including phenoxy) is 1. The number of anilines is 2. The Kier molecular flexibility index (Phi) is 11.3. The summed E-state index contributed by atoms with van der Waals surface area (Å²) in [5.41, 5.74) is 1.95. The van der Waals surface area contributed by atoms with Crippen LogP contribution < -0.4 is 20.7 Å². The molecule has 0 fully saturated rings. The van der Waals surface area contributed by atoms with E-state index in [1.165, 1.54) is 17.8 Å². The third-order valence-corrected chi connectivity index (χ3v) is 7.67. The van der Waals surface area contributed by atoms with Gasteiger partial charge in [-0.25, -0.2) is 0 Å². The number of benzene rings is 4. The summed E-state index contributed by atoms with van der Waals surface area (Å²) in [6, 6.07) is 27.8. The van der Waals surface area contributed by atoms with E-state index < -0.39 is 17.1 Å². The Labute approximate surface area is 264 Å². The lowest BCUT2D eigenvalue weighted by Crippen LogP contribution is -2.30. The third kappa shape index (κ3) is 9.12. The molecule has 0 saturated heterocycles. The van der Waals surface area contributed by atoms with Crippen molar-refractivity contribution < 1.29 is 19.1 Å². The van der Waals surface area contributed by atoms with Crippen LogP contribution in [0.1, 0.15) is 29.8 Å². The molecule has 7 nitrogen and oxygen atoms in total. The van der Waals surface area contributed by atoms with Crippen molar-refractivity contribution in [1.29, 1.82) is 0 Å². The number of para-hydroxylation sites is 2. The SMILES string of the molecule is CCOc1ccccc1NC(=O)C(C)Sc1cccc(NC(=O)/C(=C\c2ccc(Cl)cc2Cl)NC(=O)c2ccccc2)c1. The summed E-state index contributed by atoms with van der Waals surface area (Å²) in [5.74, 6) is -0.610. The van der Waals surface area contributed by atoms with Crippen LogP contribution in [0.25, 0.3) is 6.08 Å². The van der Waals surface area contributed by atoms with Crippen LogP contribution in [0.2, 0.25) is 10.0 Å². The molecule has 1 unspecified atom stereocenters. The molecule has 0 aromatic heterocycles. The van der Waals surface area contributed by atoms with Gasteiger partial charge in [-0.05, 0) is 80.1 Å². The first-order valence-corrected chi connectivity index (χ1v) is 15.0. The van der Waals surface area contributed by atoms with Crippen LogP contribution >= 0.6 is 35.0 Å². The van der Waals surface area contributed by atoms with Crippen molar-refractivity contribution >= 4 is 70.1 Å². The second-order valence-electron chi connectivity index (χ2n) is 9.20. The Morgan fingerprint density at radius 2 is 1.63 bits per heavy atom. The van der Waals surface area contributed by atoms with Crippen molar-refractivity contribution in [3.05, 3.63) is 124 Å². The molecule has 0 aliphatic rings. The highest BCUT2D eigenvalue weighted by Crippen LogP contribution is 2.29. The number of halogens is 2. The Morgan fingerprint density at radius 3 is 2.37 bits per heavy atom. The highest BCUT2D eigenvalue weighted by atomic mass is 35.5. The molecule has 3 N–H and O–H groups in total. The van der Waals surface area contributed by atoms with Crippen molar-refractivity contribution in [1.82, 2.24) is 5.32 Å². The Morgan fingerprint density at radius 1 is 0.884 bits per heavy atom. The Balaban J connectivity index is 1.49. The number of rotatable bonds is 11. The zero-order valence-corrected chi connectivity index (χ0v) is 25.7.